The molecule has 0 bridgehead atoms. The predicted octanol–water partition coefficient (Wildman–Crippen LogP) is 2.66. The van der Waals surface area contributed by atoms with Crippen LogP contribution in [-0.4, -0.2) is 16.8 Å². The Balaban J connectivity index is 2.06. The van der Waals surface area contributed by atoms with Gasteiger partial charge in [0.25, 0.3) is 0 Å². The van der Waals surface area contributed by atoms with Crippen LogP contribution in [0.15, 0.2) is 24.3 Å². The van der Waals surface area contributed by atoms with Gasteiger partial charge in [-0.3, -0.25) is 4.79 Å². The van der Waals surface area contributed by atoms with E-state index < -0.39 is 0 Å². The summed E-state index contributed by atoms with van der Waals surface area (Å²) in [5.74, 6) is 1.11. The number of rotatable bonds is 4. The Morgan fingerprint density at radius 1 is 1.39 bits per heavy atom. The highest BCUT2D eigenvalue weighted by molar-refractivity contribution is 5.81. The molecule has 1 saturated carbocycles. The zero-order valence-corrected chi connectivity index (χ0v) is 11.4. The van der Waals surface area contributed by atoms with Crippen molar-refractivity contribution in [2.75, 3.05) is 5.73 Å². The minimum absolute atomic E-state index is 0.239. The number of hydrogen-bond donors (Lipinski definition) is 1. The molecule has 1 aliphatic rings. The number of amides is 1. The minimum Gasteiger partial charge on any atom is -0.399 e. The molecule has 2 rings (SSSR count). The molecule has 3 heteroatoms. The Morgan fingerprint density at radius 2 is 1.94 bits per heavy atom. The monoisotopic (exact) mass is 246 g/mol. The third kappa shape index (κ3) is 2.84. The highest BCUT2D eigenvalue weighted by Gasteiger charge is 2.41. The normalized spacial score (nSPS) is 22.0. The van der Waals surface area contributed by atoms with Crippen LogP contribution in [0.4, 0.5) is 5.69 Å². The van der Waals surface area contributed by atoms with Crippen molar-refractivity contribution >= 4 is 11.6 Å². The lowest BCUT2D eigenvalue weighted by atomic mass is 10.1. The Morgan fingerprint density at radius 3 is 2.39 bits per heavy atom. The number of carbonyl (C=O) groups excluding carboxylic acids is 1. The fourth-order valence-corrected chi connectivity index (χ4v) is 2.21. The smallest absolute Gasteiger partial charge is 0.226 e. The summed E-state index contributed by atoms with van der Waals surface area (Å²) in [6.07, 6.45) is 1.05. The van der Waals surface area contributed by atoms with Crippen molar-refractivity contribution in [1.82, 2.24) is 4.90 Å². The molecule has 18 heavy (non-hydrogen) atoms. The SMILES string of the molecule is CC1CC1C(=O)N(Cc1ccc(N)cc1)C(C)C. The second-order valence-corrected chi connectivity index (χ2v) is 5.62. The molecule has 0 aliphatic heterocycles. The maximum absolute atomic E-state index is 12.3. The lowest BCUT2D eigenvalue weighted by molar-refractivity contribution is -0.135. The predicted molar refractivity (Wildman–Crippen MR) is 73.8 cm³/mol. The van der Waals surface area contributed by atoms with Crippen LogP contribution in [0, 0.1) is 11.8 Å². The van der Waals surface area contributed by atoms with E-state index in [0.29, 0.717) is 18.4 Å². The van der Waals surface area contributed by atoms with Gasteiger partial charge in [-0.25, -0.2) is 0 Å². The van der Waals surface area contributed by atoms with Crippen LogP contribution in [-0.2, 0) is 11.3 Å². The number of nitrogen functional groups attached to an aromatic ring is 1. The van der Waals surface area contributed by atoms with Crippen molar-refractivity contribution in [3.8, 4) is 0 Å². The number of benzene rings is 1. The summed E-state index contributed by atoms with van der Waals surface area (Å²) in [6.45, 7) is 6.97. The molecule has 2 atom stereocenters. The lowest BCUT2D eigenvalue weighted by Crippen LogP contribution is -2.37. The van der Waals surface area contributed by atoms with Crippen molar-refractivity contribution in [3.63, 3.8) is 0 Å². The molecule has 0 saturated heterocycles. The van der Waals surface area contributed by atoms with Crippen LogP contribution in [0.2, 0.25) is 0 Å². The summed E-state index contributed by atoms with van der Waals surface area (Å²) in [7, 11) is 0. The van der Waals surface area contributed by atoms with Gasteiger partial charge in [0, 0.05) is 24.2 Å². The summed E-state index contributed by atoms with van der Waals surface area (Å²) in [4.78, 5) is 14.3. The van der Waals surface area contributed by atoms with Gasteiger partial charge in [0.05, 0.1) is 0 Å². The molecule has 2 N–H and O–H groups in total. The van der Waals surface area contributed by atoms with Gasteiger partial charge in [-0.15, -0.1) is 0 Å². The maximum Gasteiger partial charge on any atom is 0.226 e. The van der Waals surface area contributed by atoms with Crippen LogP contribution >= 0.6 is 0 Å². The molecule has 1 aromatic carbocycles. The second kappa shape index (κ2) is 5.01. The molecule has 2 unspecified atom stereocenters. The second-order valence-electron chi connectivity index (χ2n) is 5.62. The van der Waals surface area contributed by atoms with Crippen LogP contribution in [0.25, 0.3) is 0 Å². The number of nitrogens with two attached hydrogens (primary N) is 1. The number of anilines is 1. The number of hydrogen-bond acceptors (Lipinski definition) is 2. The largest absolute Gasteiger partial charge is 0.399 e. The molecule has 0 spiro atoms. The first-order valence-corrected chi connectivity index (χ1v) is 6.64. The van der Waals surface area contributed by atoms with Gasteiger partial charge in [-0.05, 0) is 43.9 Å². The standard InChI is InChI=1S/C15H22N2O/c1-10(2)17(15(18)14-8-11(14)3)9-12-4-6-13(16)7-5-12/h4-7,10-11,14H,8-9,16H2,1-3H3. The van der Waals surface area contributed by atoms with E-state index in [1.807, 2.05) is 29.2 Å². The average Bonchev–Trinajstić information content (AvgIpc) is 3.04. The molecule has 1 fully saturated rings. The quantitative estimate of drug-likeness (QED) is 0.830. The zero-order valence-electron chi connectivity index (χ0n) is 11.4. The molecule has 1 aliphatic carbocycles. The van der Waals surface area contributed by atoms with Crippen LogP contribution < -0.4 is 5.73 Å². The molecule has 3 nitrogen and oxygen atoms in total. The van der Waals surface area contributed by atoms with E-state index in [0.717, 1.165) is 17.7 Å². The summed E-state index contributed by atoms with van der Waals surface area (Å²) >= 11 is 0. The Hall–Kier alpha value is -1.51. The van der Waals surface area contributed by atoms with Gasteiger partial charge < -0.3 is 10.6 Å². The summed E-state index contributed by atoms with van der Waals surface area (Å²) < 4.78 is 0. The maximum atomic E-state index is 12.3. The van der Waals surface area contributed by atoms with Crippen molar-refractivity contribution in [2.45, 2.75) is 39.8 Å². The van der Waals surface area contributed by atoms with E-state index in [9.17, 15) is 4.79 Å². The van der Waals surface area contributed by atoms with Gasteiger partial charge in [0.15, 0.2) is 0 Å². The molecular weight excluding hydrogens is 224 g/mol. The molecule has 1 aromatic rings. The fraction of sp³-hybridized carbons (Fsp3) is 0.533. The molecular formula is C15H22N2O. The Labute approximate surface area is 109 Å². The van der Waals surface area contributed by atoms with Gasteiger partial charge >= 0.3 is 0 Å². The van der Waals surface area contributed by atoms with E-state index in [4.69, 9.17) is 5.73 Å². The highest BCUT2D eigenvalue weighted by atomic mass is 16.2. The molecule has 98 valence electrons. The highest BCUT2D eigenvalue weighted by Crippen LogP contribution is 2.39. The Kier molecular flexibility index (Phi) is 3.60. The molecule has 0 radical (unpaired) electrons. The molecule has 0 heterocycles. The zero-order chi connectivity index (χ0) is 13.3. The minimum atomic E-state index is 0.239. The fourth-order valence-electron chi connectivity index (χ4n) is 2.21. The van der Waals surface area contributed by atoms with E-state index >= 15 is 0 Å². The van der Waals surface area contributed by atoms with Crippen LogP contribution in [0.3, 0.4) is 0 Å². The third-order valence-corrected chi connectivity index (χ3v) is 3.67. The third-order valence-electron chi connectivity index (χ3n) is 3.67. The van der Waals surface area contributed by atoms with E-state index in [1.165, 1.54) is 0 Å². The van der Waals surface area contributed by atoms with E-state index in [-0.39, 0.29) is 12.0 Å². The summed E-state index contributed by atoms with van der Waals surface area (Å²) in [6, 6.07) is 8.00. The van der Waals surface area contributed by atoms with Crippen molar-refractivity contribution in [2.24, 2.45) is 11.8 Å². The first-order chi connectivity index (χ1) is 8.49. The summed E-state index contributed by atoms with van der Waals surface area (Å²) in [5, 5.41) is 0. The topological polar surface area (TPSA) is 46.3 Å². The van der Waals surface area contributed by atoms with Crippen molar-refractivity contribution in [3.05, 3.63) is 29.8 Å². The van der Waals surface area contributed by atoms with Crippen LogP contribution in [0.1, 0.15) is 32.8 Å². The van der Waals surface area contributed by atoms with Gasteiger partial charge in [0.2, 0.25) is 5.91 Å². The van der Waals surface area contributed by atoms with E-state index in [2.05, 4.69) is 20.8 Å². The van der Waals surface area contributed by atoms with Gasteiger partial charge in [0.1, 0.15) is 0 Å². The van der Waals surface area contributed by atoms with Crippen molar-refractivity contribution in [1.29, 1.82) is 0 Å². The first kappa shape index (κ1) is 12.9. The molecule has 0 aromatic heterocycles. The van der Waals surface area contributed by atoms with Gasteiger partial charge in [-0.1, -0.05) is 19.1 Å². The first-order valence-electron chi connectivity index (χ1n) is 6.64. The molecule has 1 amide bonds. The van der Waals surface area contributed by atoms with E-state index in [1.54, 1.807) is 0 Å². The number of carbonyl (C=O) groups is 1. The Bertz CT molecular complexity index is 425. The summed E-state index contributed by atoms with van der Waals surface area (Å²) in [5.41, 5.74) is 7.57. The van der Waals surface area contributed by atoms with Crippen LogP contribution in [0.5, 0.6) is 0 Å². The number of nitrogens with zero attached hydrogens (tertiary/aromatic N) is 1. The van der Waals surface area contributed by atoms with Gasteiger partial charge in [-0.2, -0.15) is 0 Å². The lowest BCUT2D eigenvalue weighted by Gasteiger charge is -2.27. The van der Waals surface area contributed by atoms with Crippen molar-refractivity contribution < 1.29 is 4.79 Å². The average molecular weight is 246 g/mol.